The third kappa shape index (κ3) is 7.66. The fraction of sp³-hybridized carbons (Fsp3) is 1.00. The number of hydrogen-bond donors (Lipinski definition) is 1. The van der Waals surface area contributed by atoms with Gasteiger partial charge in [-0.25, -0.2) is 8.42 Å². The highest BCUT2D eigenvalue weighted by atomic mass is 32.2. The van der Waals surface area contributed by atoms with Gasteiger partial charge in [-0.05, 0) is 0 Å². The van der Waals surface area contributed by atoms with Crippen molar-refractivity contribution in [2.75, 3.05) is 6.26 Å². The van der Waals surface area contributed by atoms with E-state index >= 15 is 0 Å². The second-order valence-electron chi connectivity index (χ2n) is 1.40. The molecule has 0 atom stereocenters. The highest BCUT2D eigenvalue weighted by Gasteiger charge is 2.31. The summed E-state index contributed by atoms with van der Waals surface area (Å²) in [6.07, 6.45) is -4.44. The lowest BCUT2D eigenvalue weighted by Gasteiger charge is -2.04. The van der Waals surface area contributed by atoms with Crippen molar-refractivity contribution in [3.63, 3.8) is 0 Å². The molecule has 4 nitrogen and oxygen atoms in total. The zero-order valence-electron chi connectivity index (χ0n) is 4.77. The summed E-state index contributed by atoms with van der Waals surface area (Å²) in [5.74, 6) is 0. The number of hydrogen-bond acceptors (Lipinski definition) is 3. The first-order valence-electron chi connectivity index (χ1n) is 1.92. The molecule has 0 aliphatic carbocycles. The van der Waals surface area contributed by atoms with Crippen LogP contribution in [0.2, 0.25) is 0 Å². The molecule has 0 unspecified atom stereocenters. The maximum atomic E-state index is 11.0. The van der Waals surface area contributed by atoms with Crippen molar-refractivity contribution in [1.82, 2.24) is 4.89 Å². The van der Waals surface area contributed by atoms with E-state index in [0.29, 0.717) is 6.26 Å². The summed E-state index contributed by atoms with van der Waals surface area (Å²) in [5, 5.41) is 0. The summed E-state index contributed by atoms with van der Waals surface area (Å²) in [6.45, 7) is 0. The molecular weight excluding hydrogens is 175 g/mol. The van der Waals surface area contributed by atoms with Crippen LogP contribution in [0.4, 0.5) is 13.2 Å². The minimum absolute atomic E-state index is 0.540. The van der Waals surface area contributed by atoms with E-state index in [-0.39, 0.29) is 0 Å². The lowest BCUT2D eigenvalue weighted by Crippen LogP contribution is -2.30. The van der Waals surface area contributed by atoms with Crippen molar-refractivity contribution in [3.05, 3.63) is 0 Å². The Labute approximate surface area is 55.0 Å². The molecule has 8 heteroatoms. The molecule has 0 rings (SSSR count). The lowest BCUT2D eigenvalue weighted by atomic mass is 11.4. The van der Waals surface area contributed by atoms with Crippen LogP contribution in [0.1, 0.15) is 0 Å². The molecule has 0 aromatic carbocycles. The van der Waals surface area contributed by atoms with Gasteiger partial charge >= 0.3 is 6.36 Å². The van der Waals surface area contributed by atoms with Crippen molar-refractivity contribution < 1.29 is 26.4 Å². The maximum absolute atomic E-state index is 11.0. The van der Waals surface area contributed by atoms with Crippen LogP contribution in [0.15, 0.2) is 0 Å². The molecule has 10 heavy (non-hydrogen) atoms. The fourth-order valence-electron chi connectivity index (χ4n) is 0.123. The Morgan fingerprint density at radius 3 is 1.90 bits per heavy atom. The minimum atomic E-state index is -4.98. The summed E-state index contributed by atoms with van der Waals surface area (Å²) >= 11 is 0. The predicted molar refractivity (Wildman–Crippen MR) is 25.1 cm³/mol. The van der Waals surface area contributed by atoms with Crippen LogP contribution in [0.3, 0.4) is 0 Å². The van der Waals surface area contributed by atoms with Gasteiger partial charge in [-0.1, -0.05) is 4.89 Å². The second kappa shape index (κ2) is 2.72. The molecule has 1 N–H and O–H groups in total. The minimum Gasteiger partial charge on any atom is -0.211 e. The van der Waals surface area contributed by atoms with E-state index in [4.69, 9.17) is 0 Å². The second-order valence-corrected chi connectivity index (χ2v) is 3.11. The fourth-order valence-corrected chi connectivity index (χ4v) is 0.369. The third-order valence-electron chi connectivity index (χ3n) is 0.309. The highest BCUT2D eigenvalue weighted by Crippen LogP contribution is 2.13. The van der Waals surface area contributed by atoms with E-state index < -0.39 is 16.4 Å². The van der Waals surface area contributed by atoms with E-state index in [0.717, 1.165) is 4.89 Å². The quantitative estimate of drug-likeness (QED) is 0.606. The van der Waals surface area contributed by atoms with Gasteiger partial charge in [0.2, 0.25) is 10.0 Å². The number of rotatable bonds is 2. The Kier molecular flexibility index (Phi) is 2.63. The molecule has 0 heterocycles. The standard InChI is InChI=1S/C2H4F3NO3S/c1-10(7,8)6-9-2(3,4)5/h6H,1H3. The van der Waals surface area contributed by atoms with Crippen LogP contribution < -0.4 is 4.89 Å². The number of sulfonamides is 1. The Balaban J connectivity index is 3.79. The SMILES string of the molecule is CS(=O)(=O)NOC(F)(F)F. The van der Waals surface area contributed by atoms with E-state index in [1.54, 1.807) is 0 Å². The zero-order chi connectivity index (χ0) is 8.41. The van der Waals surface area contributed by atoms with Gasteiger partial charge in [-0.3, -0.25) is 0 Å². The van der Waals surface area contributed by atoms with E-state index in [2.05, 4.69) is 4.84 Å². The first-order valence-corrected chi connectivity index (χ1v) is 3.81. The summed E-state index contributed by atoms with van der Waals surface area (Å²) in [6, 6.07) is 0. The van der Waals surface area contributed by atoms with Gasteiger partial charge in [0, 0.05) is 0 Å². The van der Waals surface area contributed by atoms with Gasteiger partial charge in [0.05, 0.1) is 6.26 Å². The molecule has 0 aromatic rings. The predicted octanol–water partition coefficient (Wildman–Crippen LogP) is -0.0130. The van der Waals surface area contributed by atoms with Crippen LogP contribution >= 0.6 is 0 Å². The van der Waals surface area contributed by atoms with Crippen LogP contribution in [0, 0.1) is 0 Å². The van der Waals surface area contributed by atoms with Gasteiger partial charge in [0.15, 0.2) is 0 Å². The summed E-state index contributed by atoms with van der Waals surface area (Å²) in [4.78, 5) is 3.56. The topological polar surface area (TPSA) is 55.4 Å². The molecule has 0 spiro atoms. The smallest absolute Gasteiger partial charge is 0.211 e. The molecular formula is C2H4F3NO3S. The molecule has 0 saturated heterocycles. The van der Waals surface area contributed by atoms with E-state index in [1.165, 1.54) is 0 Å². The van der Waals surface area contributed by atoms with Crippen LogP contribution in [-0.4, -0.2) is 21.0 Å². The average Bonchev–Trinajstić information content (AvgIpc) is 1.57. The molecule has 0 saturated carbocycles. The molecule has 0 aromatic heterocycles. The van der Waals surface area contributed by atoms with Gasteiger partial charge in [0.1, 0.15) is 0 Å². The highest BCUT2D eigenvalue weighted by molar-refractivity contribution is 7.88. The molecule has 0 radical (unpaired) electrons. The lowest BCUT2D eigenvalue weighted by molar-refractivity contribution is -0.338. The van der Waals surface area contributed by atoms with Crippen molar-refractivity contribution in [1.29, 1.82) is 0 Å². The molecule has 0 aliphatic heterocycles. The average molecular weight is 179 g/mol. The molecule has 0 bridgehead atoms. The first kappa shape index (κ1) is 9.66. The van der Waals surface area contributed by atoms with E-state index in [9.17, 15) is 21.6 Å². The summed E-state index contributed by atoms with van der Waals surface area (Å²) in [7, 11) is -3.95. The number of nitrogens with one attached hydrogen (secondary N) is 1. The Hall–Kier alpha value is -0.340. The van der Waals surface area contributed by atoms with Crippen molar-refractivity contribution in [2.45, 2.75) is 6.36 Å². The van der Waals surface area contributed by atoms with Crippen LogP contribution in [0.25, 0.3) is 0 Å². The molecule has 0 amide bonds. The normalized spacial score (nSPS) is 13.6. The van der Waals surface area contributed by atoms with Crippen LogP contribution in [0.5, 0.6) is 0 Å². The first-order chi connectivity index (χ1) is 4.21. The van der Waals surface area contributed by atoms with Gasteiger partial charge < -0.3 is 0 Å². The van der Waals surface area contributed by atoms with Crippen molar-refractivity contribution in [3.8, 4) is 0 Å². The number of halogens is 3. The Morgan fingerprint density at radius 2 is 1.80 bits per heavy atom. The monoisotopic (exact) mass is 179 g/mol. The van der Waals surface area contributed by atoms with E-state index in [1.807, 2.05) is 0 Å². The van der Waals surface area contributed by atoms with Crippen molar-refractivity contribution >= 4 is 10.0 Å². The molecule has 62 valence electrons. The van der Waals surface area contributed by atoms with Gasteiger partial charge in [0.25, 0.3) is 0 Å². The van der Waals surface area contributed by atoms with Crippen molar-refractivity contribution in [2.24, 2.45) is 0 Å². The summed E-state index contributed by atoms with van der Waals surface area (Å²) < 4.78 is 53.0. The molecule has 0 aliphatic rings. The van der Waals surface area contributed by atoms with Crippen LogP contribution in [-0.2, 0) is 14.9 Å². The Bertz CT molecular complexity index is 194. The summed E-state index contributed by atoms with van der Waals surface area (Å²) in [5.41, 5.74) is 0. The number of alkyl halides is 3. The zero-order valence-corrected chi connectivity index (χ0v) is 5.58. The Morgan fingerprint density at radius 1 is 1.40 bits per heavy atom. The maximum Gasteiger partial charge on any atom is 0.539 e. The molecule has 0 fully saturated rings. The van der Waals surface area contributed by atoms with Gasteiger partial charge in [-0.15, -0.1) is 13.2 Å². The largest absolute Gasteiger partial charge is 0.539 e. The van der Waals surface area contributed by atoms with Gasteiger partial charge in [-0.2, -0.15) is 4.84 Å². The third-order valence-corrected chi connectivity index (χ3v) is 0.695.